The number of benzene rings is 3. The van der Waals surface area contributed by atoms with Gasteiger partial charge < -0.3 is 0 Å². The van der Waals surface area contributed by atoms with Crippen LogP contribution in [-0.2, 0) is 5.54 Å². The Morgan fingerprint density at radius 3 is 1.31 bits per heavy atom. The normalized spacial score (nSPS) is 11.1. The molecule has 0 spiro atoms. The van der Waals surface area contributed by atoms with Crippen molar-refractivity contribution in [3.63, 3.8) is 0 Å². The van der Waals surface area contributed by atoms with E-state index in [-0.39, 0.29) is 0 Å². The summed E-state index contributed by atoms with van der Waals surface area (Å²) in [6.07, 6.45) is 1.94. The van der Waals surface area contributed by atoms with E-state index < -0.39 is 5.54 Å². The topological polar surface area (TPSA) is 26.2 Å². The van der Waals surface area contributed by atoms with Crippen LogP contribution in [0.3, 0.4) is 0 Å². The molecule has 0 aliphatic rings. The summed E-state index contributed by atoms with van der Waals surface area (Å²) in [6.45, 7) is 0. The highest BCUT2D eigenvalue weighted by atomic mass is 15.1. The van der Waals surface area contributed by atoms with E-state index in [9.17, 15) is 0 Å². The van der Waals surface area contributed by atoms with Gasteiger partial charge in [-0.15, -0.1) is 0 Å². The molecule has 1 aromatic heterocycles. The first-order valence-electron chi connectivity index (χ1n) is 8.81. The summed E-state index contributed by atoms with van der Waals surface area (Å²) in [5.74, 6) is 0.962. The zero-order valence-electron chi connectivity index (χ0n) is 14.5. The molecule has 4 aromatic rings. The van der Waals surface area contributed by atoms with Crippen LogP contribution in [0.1, 0.15) is 16.7 Å². The lowest BCUT2D eigenvalue weighted by Crippen LogP contribution is -2.39. The van der Waals surface area contributed by atoms with Gasteiger partial charge in [0.25, 0.3) is 5.82 Å². The number of anilines is 1. The molecule has 26 heavy (non-hydrogen) atoms. The summed E-state index contributed by atoms with van der Waals surface area (Å²) in [5, 5.41) is 3.79. The van der Waals surface area contributed by atoms with Crippen molar-refractivity contribution in [2.24, 2.45) is 0 Å². The molecule has 1 heterocycles. The van der Waals surface area contributed by atoms with E-state index >= 15 is 0 Å². The maximum atomic E-state index is 3.79. The molecule has 0 amide bonds. The molecule has 0 radical (unpaired) electrons. The maximum absolute atomic E-state index is 3.79. The van der Waals surface area contributed by atoms with E-state index in [2.05, 4.69) is 107 Å². The fourth-order valence-electron chi connectivity index (χ4n) is 3.45. The molecule has 2 heteroatoms. The Kier molecular flexibility index (Phi) is 4.48. The van der Waals surface area contributed by atoms with Crippen molar-refractivity contribution in [2.45, 2.75) is 5.54 Å². The lowest BCUT2D eigenvalue weighted by Gasteiger charge is -2.32. The average molecular weight is 337 g/mol. The molecule has 0 unspecified atom stereocenters. The second-order valence-corrected chi connectivity index (χ2v) is 6.25. The fourth-order valence-corrected chi connectivity index (χ4v) is 3.45. The lowest BCUT2D eigenvalue weighted by atomic mass is 9.77. The third-order valence-electron chi connectivity index (χ3n) is 4.65. The third kappa shape index (κ3) is 2.98. The molecule has 2 nitrogen and oxygen atoms in total. The number of nitrogens with one attached hydrogen (secondary N) is 2. The number of hydrogen-bond acceptors (Lipinski definition) is 1. The van der Waals surface area contributed by atoms with Crippen LogP contribution < -0.4 is 10.3 Å². The molecule has 0 saturated carbocycles. The van der Waals surface area contributed by atoms with Crippen molar-refractivity contribution in [3.05, 3.63) is 132 Å². The van der Waals surface area contributed by atoms with E-state index in [4.69, 9.17) is 0 Å². The van der Waals surface area contributed by atoms with Gasteiger partial charge in [-0.2, -0.15) is 0 Å². The molecule has 3 aromatic carbocycles. The Hall–Kier alpha value is -3.39. The highest BCUT2D eigenvalue weighted by molar-refractivity contribution is 5.56. The summed E-state index contributed by atoms with van der Waals surface area (Å²) in [7, 11) is 0. The predicted octanol–water partition coefficient (Wildman–Crippen LogP) is 4.90. The minimum atomic E-state index is -0.498. The molecular weight excluding hydrogens is 316 g/mol. The van der Waals surface area contributed by atoms with Gasteiger partial charge in [0.1, 0.15) is 0 Å². The Balaban J connectivity index is 2.00. The van der Waals surface area contributed by atoms with E-state index in [0.29, 0.717) is 0 Å². The molecule has 0 fully saturated rings. The summed E-state index contributed by atoms with van der Waals surface area (Å²) in [4.78, 5) is 3.32. The Labute approximate surface area is 154 Å². The second kappa shape index (κ2) is 7.24. The van der Waals surface area contributed by atoms with Gasteiger partial charge in [0.15, 0.2) is 5.54 Å². The maximum Gasteiger partial charge on any atom is 0.273 e. The summed E-state index contributed by atoms with van der Waals surface area (Å²) >= 11 is 0. The zero-order chi connectivity index (χ0) is 17.7. The highest BCUT2D eigenvalue weighted by Crippen LogP contribution is 2.39. The van der Waals surface area contributed by atoms with Crippen LogP contribution in [0.4, 0.5) is 5.82 Å². The zero-order valence-corrected chi connectivity index (χ0v) is 14.5. The van der Waals surface area contributed by atoms with Crippen LogP contribution in [0.5, 0.6) is 0 Å². The predicted molar refractivity (Wildman–Crippen MR) is 106 cm³/mol. The van der Waals surface area contributed by atoms with Crippen molar-refractivity contribution in [2.75, 3.05) is 5.32 Å². The Bertz CT molecular complexity index is 840. The first-order chi connectivity index (χ1) is 12.9. The number of rotatable bonds is 5. The van der Waals surface area contributed by atoms with E-state index in [1.807, 2.05) is 18.3 Å². The fraction of sp³-hybridized carbons (Fsp3) is 0.0417. The minimum Gasteiger partial charge on any atom is -0.256 e. The molecule has 0 saturated heterocycles. The number of aromatic nitrogens is 1. The van der Waals surface area contributed by atoms with Gasteiger partial charge in [-0.05, 0) is 6.07 Å². The third-order valence-corrected chi connectivity index (χ3v) is 4.65. The standard InChI is InChI=1S/C24H20N2/c1-4-12-20(13-5-1)24(21-14-6-2-7-15-21,22-16-8-3-9-17-22)26-23-18-10-11-19-25-23/h1-19H,(H,25,26)/p+1. The molecule has 4 rings (SSSR count). The van der Waals surface area contributed by atoms with Gasteiger partial charge in [0.05, 0.1) is 6.20 Å². The first-order valence-corrected chi connectivity index (χ1v) is 8.81. The molecule has 126 valence electrons. The number of pyridine rings is 1. The SMILES string of the molecule is c1ccc(C(Nc2cccc[nH+]2)(c2ccccc2)c2ccccc2)cc1. The molecule has 0 bridgehead atoms. The molecule has 0 aliphatic carbocycles. The van der Waals surface area contributed by atoms with Gasteiger partial charge in [0, 0.05) is 22.8 Å². The number of hydrogen-bond donors (Lipinski definition) is 1. The van der Waals surface area contributed by atoms with Gasteiger partial charge in [-0.1, -0.05) is 97.1 Å². The second-order valence-electron chi connectivity index (χ2n) is 6.25. The first kappa shape index (κ1) is 16.1. The van der Waals surface area contributed by atoms with Crippen molar-refractivity contribution >= 4 is 5.82 Å². The molecule has 0 aliphatic heterocycles. The number of H-pyrrole nitrogens is 1. The summed E-state index contributed by atoms with van der Waals surface area (Å²) in [6, 6.07) is 37.8. The van der Waals surface area contributed by atoms with Gasteiger partial charge in [-0.25, -0.2) is 4.98 Å². The van der Waals surface area contributed by atoms with Crippen LogP contribution in [0.25, 0.3) is 0 Å². The number of aromatic amines is 1. The summed E-state index contributed by atoms with van der Waals surface area (Å²) in [5.41, 5.74) is 3.07. The van der Waals surface area contributed by atoms with Crippen LogP contribution in [-0.4, -0.2) is 0 Å². The lowest BCUT2D eigenvalue weighted by molar-refractivity contribution is -0.361. The molecule has 0 atom stereocenters. The summed E-state index contributed by atoms with van der Waals surface area (Å²) < 4.78 is 0. The molecule has 2 N–H and O–H groups in total. The van der Waals surface area contributed by atoms with Crippen molar-refractivity contribution < 1.29 is 4.98 Å². The van der Waals surface area contributed by atoms with Crippen molar-refractivity contribution in [1.29, 1.82) is 0 Å². The minimum absolute atomic E-state index is 0.498. The van der Waals surface area contributed by atoms with E-state index in [0.717, 1.165) is 5.82 Å². The van der Waals surface area contributed by atoms with E-state index in [1.165, 1.54) is 16.7 Å². The Morgan fingerprint density at radius 2 is 0.923 bits per heavy atom. The van der Waals surface area contributed by atoms with E-state index in [1.54, 1.807) is 0 Å². The highest BCUT2D eigenvalue weighted by Gasteiger charge is 2.41. The smallest absolute Gasteiger partial charge is 0.256 e. The monoisotopic (exact) mass is 337 g/mol. The van der Waals surface area contributed by atoms with Crippen molar-refractivity contribution in [3.8, 4) is 0 Å². The van der Waals surface area contributed by atoms with Crippen LogP contribution in [0.2, 0.25) is 0 Å². The van der Waals surface area contributed by atoms with Gasteiger partial charge >= 0.3 is 0 Å². The van der Waals surface area contributed by atoms with Crippen LogP contribution >= 0.6 is 0 Å². The van der Waals surface area contributed by atoms with Gasteiger partial charge in [-0.3, -0.25) is 5.32 Å². The van der Waals surface area contributed by atoms with Crippen molar-refractivity contribution in [1.82, 2.24) is 0 Å². The quantitative estimate of drug-likeness (QED) is 0.515. The van der Waals surface area contributed by atoms with Crippen LogP contribution in [0, 0.1) is 0 Å². The molecular formula is C24H21N2+. The largest absolute Gasteiger partial charge is 0.273 e. The Morgan fingerprint density at radius 1 is 0.500 bits per heavy atom. The van der Waals surface area contributed by atoms with Crippen LogP contribution in [0.15, 0.2) is 115 Å². The average Bonchev–Trinajstić information content (AvgIpc) is 2.75. The van der Waals surface area contributed by atoms with Gasteiger partial charge in [0.2, 0.25) is 0 Å².